The average Bonchev–Trinajstić information content (AvgIpc) is 3.82. The molecule has 3 heteroatoms. The third-order valence-corrected chi connectivity index (χ3v) is 11.6. The van der Waals surface area contributed by atoms with Crippen LogP contribution in [0.15, 0.2) is 175 Å². The van der Waals surface area contributed by atoms with Gasteiger partial charge in [-0.2, -0.15) is 0 Å². The molecule has 2 aliphatic rings. The predicted octanol–water partition coefficient (Wildman–Crippen LogP) is 12.4. The van der Waals surface area contributed by atoms with E-state index < -0.39 is 5.41 Å². The van der Waals surface area contributed by atoms with Crippen molar-refractivity contribution in [2.24, 2.45) is 0 Å². The lowest BCUT2D eigenvalue weighted by molar-refractivity contribution is 0.668. The second kappa shape index (κ2) is 10.1. The van der Waals surface area contributed by atoms with E-state index in [-0.39, 0.29) is 0 Å². The van der Waals surface area contributed by atoms with Crippen LogP contribution in [-0.4, -0.2) is 9.97 Å². The van der Waals surface area contributed by atoms with Crippen LogP contribution in [0.3, 0.4) is 0 Å². The van der Waals surface area contributed by atoms with Crippen molar-refractivity contribution in [3.63, 3.8) is 0 Å². The van der Waals surface area contributed by atoms with Crippen LogP contribution >= 0.6 is 0 Å². The van der Waals surface area contributed by atoms with Crippen molar-refractivity contribution in [3.05, 3.63) is 192 Å². The molecule has 0 aliphatic heterocycles. The molecule has 0 saturated heterocycles. The molecule has 0 saturated carbocycles. The zero-order chi connectivity index (χ0) is 34.0. The van der Waals surface area contributed by atoms with Crippen molar-refractivity contribution in [1.82, 2.24) is 9.97 Å². The number of fused-ring (bicyclic) bond motifs is 15. The van der Waals surface area contributed by atoms with Crippen LogP contribution in [0.1, 0.15) is 22.3 Å². The van der Waals surface area contributed by atoms with Gasteiger partial charge in [0.2, 0.25) is 0 Å². The highest BCUT2D eigenvalue weighted by molar-refractivity contribution is 6.21. The molecule has 0 fully saturated rings. The number of hydrogen-bond donors (Lipinski definition) is 0. The van der Waals surface area contributed by atoms with Gasteiger partial charge < -0.3 is 4.42 Å². The Morgan fingerprint density at radius 3 is 1.81 bits per heavy atom. The first kappa shape index (κ1) is 27.9. The Balaban J connectivity index is 1.21. The van der Waals surface area contributed by atoms with E-state index in [9.17, 15) is 0 Å². The summed E-state index contributed by atoms with van der Waals surface area (Å²) in [6.07, 6.45) is 3.78. The number of furan rings is 1. The molecule has 0 bridgehead atoms. The summed E-state index contributed by atoms with van der Waals surface area (Å²) in [5, 5.41) is 6.02. The summed E-state index contributed by atoms with van der Waals surface area (Å²) in [6, 6.07) is 57.5. The Kier molecular flexibility index (Phi) is 5.43. The summed E-state index contributed by atoms with van der Waals surface area (Å²) in [6.45, 7) is 0. The molecule has 10 aromatic rings. The van der Waals surface area contributed by atoms with E-state index in [0.29, 0.717) is 0 Å². The van der Waals surface area contributed by atoms with Crippen LogP contribution < -0.4 is 0 Å². The molecule has 0 amide bonds. The quantitative estimate of drug-likeness (QED) is 0.173. The summed E-state index contributed by atoms with van der Waals surface area (Å²) in [5.74, 6) is 0. The molecule has 7 aromatic carbocycles. The maximum atomic E-state index is 6.41. The topological polar surface area (TPSA) is 38.9 Å². The van der Waals surface area contributed by atoms with Crippen molar-refractivity contribution in [1.29, 1.82) is 0 Å². The van der Waals surface area contributed by atoms with E-state index in [0.717, 1.165) is 27.8 Å². The molecule has 12 rings (SSSR count). The second-order valence-corrected chi connectivity index (χ2v) is 14.0. The first-order valence-electron chi connectivity index (χ1n) is 17.8. The monoisotopic (exact) mass is 660 g/mol. The van der Waals surface area contributed by atoms with E-state index in [4.69, 9.17) is 14.4 Å². The predicted molar refractivity (Wildman–Crippen MR) is 211 cm³/mol. The third kappa shape index (κ3) is 3.45. The van der Waals surface area contributed by atoms with Crippen LogP contribution in [0, 0.1) is 0 Å². The molecule has 1 atom stereocenters. The number of hydrogen-bond acceptors (Lipinski definition) is 3. The smallest absolute Gasteiger partial charge is 0.153 e. The van der Waals surface area contributed by atoms with Crippen molar-refractivity contribution in [3.8, 4) is 44.6 Å². The normalized spacial score (nSPS) is 15.4. The lowest BCUT2D eigenvalue weighted by atomic mass is 9.70. The second-order valence-electron chi connectivity index (χ2n) is 14.0. The Hall–Kier alpha value is -6.84. The number of nitrogens with zero attached hydrogens (tertiary/aromatic N) is 2. The first-order valence-corrected chi connectivity index (χ1v) is 17.8. The molecule has 240 valence electrons. The van der Waals surface area contributed by atoms with E-state index in [1.54, 1.807) is 0 Å². The van der Waals surface area contributed by atoms with E-state index >= 15 is 0 Å². The van der Waals surface area contributed by atoms with Gasteiger partial charge in [0.05, 0.1) is 11.1 Å². The molecule has 0 radical (unpaired) electrons. The lowest BCUT2D eigenvalue weighted by Gasteiger charge is -2.30. The zero-order valence-corrected chi connectivity index (χ0v) is 28.0. The fourth-order valence-corrected chi connectivity index (χ4v) is 9.59. The van der Waals surface area contributed by atoms with Crippen LogP contribution in [0.4, 0.5) is 0 Å². The molecule has 0 N–H and O–H groups in total. The average molecular weight is 661 g/mol. The molecule has 1 unspecified atom stereocenters. The van der Waals surface area contributed by atoms with Crippen molar-refractivity contribution >= 4 is 43.6 Å². The van der Waals surface area contributed by atoms with Crippen molar-refractivity contribution in [2.45, 2.75) is 5.41 Å². The summed E-state index contributed by atoms with van der Waals surface area (Å²) in [7, 11) is 0. The minimum absolute atomic E-state index is 0.566. The summed E-state index contributed by atoms with van der Waals surface area (Å²) in [4.78, 5) is 9.87. The third-order valence-electron chi connectivity index (χ3n) is 11.6. The van der Waals surface area contributed by atoms with Gasteiger partial charge in [0, 0.05) is 23.3 Å². The van der Waals surface area contributed by atoms with Crippen LogP contribution in [0.5, 0.6) is 0 Å². The van der Waals surface area contributed by atoms with Crippen molar-refractivity contribution < 1.29 is 4.42 Å². The molecule has 3 nitrogen and oxygen atoms in total. The number of benzene rings is 7. The number of rotatable bonds is 2. The van der Waals surface area contributed by atoms with Gasteiger partial charge >= 0.3 is 0 Å². The minimum atomic E-state index is -0.566. The zero-order valence-electron chi connectivity index (χ0n) is 28.0. The Morgan fingerprint density at radius 2 is 1.02 bits per heavy atom. The molecular weight excluding hydrogens is 633 g/mol. The highest BCUT2D eigenvalue weighted by Gasteiger charge is 2.52. The molecule has 1 spiro atoms. The van der Waals surface area contributed by atoms with Gasteiger partial charge in [-0.05, 0) is 114 Å². The van der Waals surface area contributed by atoms with Crippen LogP contribution in [0.2, 0.25) is 0 Å². The summed E-state index contributed by atoms with van der Waals surface area (Å²) < 4.78 is 6.41. The summed E-state index contributed by atoms with van der Waals surface area (Å²) >= 11 is 0. The molecule has 52 heavy (non-hydrogen) atoms. The summed E-state index contributed by atoms with van der Waals surface area (Å²) in [5.41, 5.74) is 16.5. The largest absolute Gasteiger partial charge is 0.454 e. The number of pyridine rings is 2. The maximum absolute atomic E-state index is 6.41. The van der Waals surface area contributed by atoms with E-state index in [1.165, 1.54) is 82.7 Å². The van der Waals surface area contributed by atoms with Gasteiger partial charge in [-0.1, -0.05) is 121 Å². The Morgan fingerprint density at radius 1 is 0.385 bits per heavy atom. The standard InChI is InChI=1S/C49H28N2O/c1-2-12-29(13-3-1)45-32-15-4-6-17-34(32)46(35-18-7-5-16-33(35)45)30-22-23-36-41(26-30)49(40-20-10-24-50-47(36)40)39-19-9-8-14-31(39)37-28-44-38(27-42(37)49)48-43(52-44)21-11-25-51-48/h1-28H. The Bertz CT molecular complexity index is 3080. The van der Waals surface area contributed by atoms with Crippen LogP contribution in [0.25, 0.3) is 88.3 Å². The molecule has 3 heterocycles. The van der Waals surface area contributed by atoms with Crippen molar-refractivity contribution in [2.75, 3.05) is 0 Å². The van der Waals surface area contributed by atoms with Gasteiger partial charge in [0.25, 0.3) is 0 Å². The first-order chi connectivity index (χ1) is 25.8. The van der Waals surface area contributed by atoms with Gasteiger partial charge in [0.15, 0.2) is 5.58 Å². The van der Waals surface area contributed by atoms with E-state index in [1.807, 2.05) is 24.5 Å². The fraction of sp³-hybridized carbons (Fsp3) is 0.0204. The highest BCUT2D eigenvalue weighted by atomic mass is 16.3. The maximum Gasteiger partial charge on any atom is 0.153 e. The lowest BCUT2D eigenvalue weighted by Crippen LogP contribution is -2.26. The molecule has 3 aromatic heterocycles. The minimum Gasteiger partial charge on any atom is -0.454 e. The highest BCUT2D eigenvalue weighted by Crippen LogP contribution is 2.63. The van der Waals surface area contributed by atoms with Gasteiger partial charge in [0.1, 0.15) is 11.1 Å². The fourth-order valence-electron chi connectivity index (χ4n) is 9.59. The molecular formula is C49H28N2O. The Labute approximate surface area is 299 Å². The number of aromatic nitrogens is 2. The van der Waals surface area contributed by atoms with E-state index in [2.05, 4.69) is 146 Å². The van der Waals surface area contributed by atoms with Gasteiger partial charge in [-0.3, -0.25) is 9.97 Å². The molecule has 2 aliphatic carbocycles. The SMILES string of the molecule is c1ccc(-c2c3ccccc3c(-c3ccc4c(c3)C3(c5ccccc5-c5cc6oc7cccnc7c6cc53)c3cccnc3-4)c3ccccc23)cc1. The van der Waals surface area contributed by atoms with Gasteiger partial charge in [-0.15, -0.1) is 0 Å². The van der Waals surface area contributed by atoms with Crippen LogP contribution in [-0.2, 0) is 5.41 Å². The van der Waals surface area contributed by atoms with Gasteiger partial charge in [-0.25, -0.2) is 0 Å².